The molecule has 0 aromatic heterocycles. The molecule has 0 amide bonds. The van der Waals surface area contributed by atoms with Crippen molar-refractivity contribution in [1.82, 2.24) is 10.0 Å². The van der Waals surface area contributed by atoms with Gasteiger partial charge in [0.15, 0.2) is 0 Å². The predicted molar refractivity (Wildman–Crippen MR) is 62.3 cm³/mol. The maximum Gasteiger partial charge on any atom is 0.214 e. The van der Waals surface area contributed by atoms with Crippen molar-refractivity contribution in [2.45, 2.75) is 50.3 Å². The van der Waals surface area contributed by atoms with Gasteiger partial charge in [-0.3, -0.25) is 0 Å². The number of hydrogen-bond acceptors (Lipinski definition) is 3. The van der Waals surface area contributed by atoms with Crippen LogP contribution in [0.2, 0.25) is 0 Å². The summed E-state index contributed by atoms with van der Waals surface area (Å²) >= 11 is 0. The highest BCUT2D eigenvalue weighted by Gasteiger charge is 2.26. The Morgan fingerprint density at radius 1 is 1.27 bits per heavy atom. The van der Waals surface area contributed by atoms with Crippen molar-refractivity contribution in [2.24, 2.45) is 0 Å². The van der Waals surface area contributed by atoms with Crippen LogP contribution in [0.25, 0.3) is 0 Å². The van der Waals surface area contributed by atoms with E-state index >= 15 is 0 Å². The van der Waals surface area contributed by atoms with Crippen LogP contribution in [0.15, 0.2) is 0 Å². The third-order valence-corrected chi connectivity index (χ3v) is 4.99. The Bertz CT molecular complexity index is 271. The minimum absolute atomic E-state index is 0.157. The van der Waals surface area contributed by atoms with E-state index in [9.17, 15) is 8.42 Å². The summed E-state index contributed by atoms with van der Waals surface area (Å²) in [5.41, 5.74) is 0. The molecule has 1 aliphatic rings. The van der Waals surface area contributed by atoms with Crippen LogP contribution in [0.1, 0.15) is 39.0 Å². The maximum absolute atomic E-state index is 11.9. The standard InChI is InChI=1S/C10H22N2O2S/c1-9(11-2)8-12-15(13,14)10-6-4-3-5-7-10/h9-12H,3-8H2,1-2H3. The molecule has 1 fully saturated rings. The highest BCUT2D eigenvalue weighted by atomic mass is 32.2. The molecule has 1 atom stereocenters. The summed E-state index contributed by atoms with van der Waals surface area (Å²) in [5.74, 6) is 0. The Morgan fingerprint density at radius 2 is 1.87 bits per heavy atom. The van der Waals surface area contributed by atoms with Gasteiger partial charge in [0, 0.05) is 12.6 Å². The topological polar surface area (TPSA) is 58.2 Å². The van der Waals surface area contributed by atoms with Gasteiger partial charge in [0.2, 0.25) is 10.0 Å². The lowest BCUT2D eigenvalue weighted by Gasteiger charge is -2.22. The lowest BCUT2D eigenvalue weighted by atomic mass is 10.0. The molecule has 1 unspecified atom stereocenters. The molecule has 0 radical (unpaired) electrons. The predicted octanol–water partition coefficient (Wildman–Crippen LogP) is 0.846. The highest BCUT2D eigenvalue weighted by Crippen LogP contribution is 2.22. The van der Waals surface area contributed by atoms with Crippen molar-refractivity contribution in [3.63, 3.8) is 0 Å². The Kier molecular flexibility index (Phi) is 5.02. The third-order valence-electron chi connectivity index (χ3n) is 3.07. The van der Waals surface area contributed by atoms with E-state index in [1.165, 1.54) is 6.42 Å². The van der Waals surface area contributed by atoms with E-state index in [1.807, 2.05) is 14.0 Å². The first-order valence-corrected chi connectivity index (χ1v) is 7.26. The lowest BCUT2D eigenvalue weighted by Crippen LogP contribution is -2.42. The van der Waals surface area contributed by atoms with Crippen LogP contribution in [0.4, 0.5) is 0 Å². The molecule has 0 heterocycles. The average molecular weight is 234 g/mol. The van der Waals surface area contributed by atoms with Crippen molar-refractivity contribution in [3.05, 3.63) is 0 Å². The minimum Gasteiger partial charge on any atom is -0.316 e. The van der Waals surface area contributed by atoms with Gasteiger partial charge in [0.25, 0.3) is 0 Å². The quantitative estimate of drug-likeness (QED) is 0.741. The van der Waals surface area contributed by atoms with Crippen LogP contribution in [0, 0.1) is 0 Å². The van der Waals surface area contributed by atoms with E-state index in [0.29, 0.717) is 6.54 Å². The van der Waals surface area contributed by atoms with E-state index in [0.717, 1.165) is 25.7 Å². The molecule has 15 heavy (non-hydrogen) atoms. The van der Waals surface area contributed by atoms with Gasteiger partial charge in [0.1, 0.15) is 0 Å². The van der Waals surface area contributed by atoms with Gasteiger partial charge in [-0.15, -0.1) is 0 Å². The second kappa shape index (κ2) is 5.82. The number of sulfonamides is 1. The van der Waals surface area contributed by atoms with Gasteiger partial charge >= 0.3 is 0 Å². The average Bonchev–Trinajstić information content (AvgIpc) is 2.27. The van der Waals surface area contributed by atoms with Crippen LogP contribution in [-0.4, -0.2) is 33.3 Å². The molecule has 1 rings (SSSR count). The summed E-state index contributed by atoms with van der Waals surface area (Å²) < 4.78 is 26.4. The van der Waals surface area contributed by atoms with Crippen LogP contribution < -0.4 is 10.0 Å². The summed E-state index contributed by atoms with van der Waals surface area (Å²) in [6.07, 6.45) is 4.92. The molecule has 0 aromatic carbocycles. The number of nitrogens with one attached hydrogen (secondary N) is 2. The summed E-state index contributed by atoms with van der Waals surface area (Å²) in [7, 11) is -1.25. The van der Waals surface area contributed by atoms with Gasteiger partial charge in [-0.05, 0) is 26.8 Å². The second-order valence-corrected chi connectivity index (χ2v) is 6.39. The van der Waals surface area contributed by atoms with Crippen LogP contribution >= 0.6 is 0 Å². The lowest BCUT2D eigenvalue weighted by molar-refractivity contribution is 0.473. The zero-order valence-corrected chi connectivity index (χ0v) is 10.4. The van der Waals surface area contributed by atoms with Gasteiger partial charge in [-0.2, -0.15) is 0 Å². The molecule has 4 nitrogen and oxygen atoms in total. The van der Waals surface area contributed by atoms with Crippen molar-refractivity contribution >= 4 is 10.0 Å². The summed E-state index contributed by atoms with van der Waals surface area (Å²) in [5, 5.41) is 2.86. The Labute approximate surface area is 92.9 Å². The fraction of sp³-hybridized carbons (Fsp3) is 1.00. The monoisotopic (exact) mass is 234 g/mol. The van der Waals surface area contributed by atoms with Crippen molar-refractivity contribution in [2.75, 3.05) is 13.6 Å². The first-order chi connectivity index (χ1) is 7.06. The van der Waals surface area contributed by atoms with E-state index in [2.05, 4.69) is 10.0 Å². The highest BCUT2D eigenvalue weighted by molar-refractivity contribution is 7.90. The molecule has 90 valence electrons. The fourth-order valence-corrected chi connectivity index (χ4v) is 3.51. The molecule has 0 saturated heterocycles. The van der Waals surface area contributed by atoms with Crippen molar-refractivity contribution in [3.8, 4) is 0 Å². The van der Waals surface area contributed by atoms with Gasteiger partial charge < -0.3 is 5.32 Å². The van der Waals surface area contributed by atoms with Crippen molar-refractivity contribution in [1.29, 1.82) is 0 Å². The van der Waals surface area contributed by atoms with Crippen molar-refractivity contribution < 1.29 is 8.42 Å². The second-order valence-electron chi connectivity index (χ2n) is 4.34. The van der Waals surface area contributed by atoms with Crippen LogP contribution in [0.3, 0.4) is 0 Å². The largest absolute Gasteiger partial charge is 0.316 e. The van der Waals surface area contributed by atoms with Gasteiger partial charge in [-0.25, -0.2) is 13.1 Å². The van der Waals surface area contributed by atoms with Gasteiger partial charge in [-0.1, -0.05) is 19.3 Å². The summed E-state index contributed by atoms with van der Waals surface area (Å²) in [4.78, 5) is 0. The van der Waals surface area contributed by atoms with E-state index < -0.39 is 10.0 Å². The molecule has 0 aromatic rings. The molecule has 1 aliphatic carbocycles. The minimum atomic E-state index is -3.08. The van der Waals surface area contributed by atoms with Crippen LogP contribution in [-0.2, 0) is 10.0 Å². The normalized spacial score (nSPS) is 21.5. The van der Waals surface area contributed by atoms with E-state index in [-0.39, 0.29) is 11.3 Å². The molecular weight excluding hydrogens is 212 g/mol. The first kappa shape index (κ1) is 12.9. The Hall–Kier alpha value is -0.130. The number of likely N-dealkylation sites (N-methyl/N-ethyl adjacent to an activating group) is 1. The van der Waals surface area contributed by atoms with E-state index in [1.54, 1.807) is 0 Å². The zero-order chi connectivity index (χ0) is 11.3. The maximum atomic E-state index is 11.9. The molecule has 0 spiro atoms. The molecule has 0 aliphatic heterocycles. The first-order valence-electron chi connectivity index (χ1n) is 5.72. The molecule has 2 N–H and O–H groups in total. The Morgan fingerprint density at radius 3 is 2.40 bits per heavy atom. The SMILES string of the molecule is CNC(C)CNS(=O)(=O)C1CCCCC1. The summed E-state index contributed by atoms with van der Waals surface area (Å²) in [6, 6.07) is 0.184. The molecule has 0 bridgehead atoms. The molecule has 5 heteroatoms. The summed E-state index contributed by atoms with van der Waals surface area (Å²) in [6.45, 7) is 2.44. The number of hydrogen-bond donors (Lipinski definition) is 2. The molecule has 1 saturated carbocycles. The number of rotatable bonds is 5. The Balaban J connectivity index is 2.43. The van der Waals surface area contributed by atoms with E-state index in [4.69, 9.17) is 0 Å². The fourth-order valence-electron chi connectivity index (χ4n) is 1.84. The van der Waals surface area contributed by atoms with Gasteiger partial charge in [0.05, 0.1) is 5.25 Å². The van der Waals surface area contributed by atoms with Crippen LogP contribution in [0.5, 0.6) is 0 Å². The third kappa shape index (κ3) is 4.09. The molecular formula is C10H22N2O2S. The smallest absolute Gasteiger partial charge is 0.214 e. The zero-order valence-electron chi connectivity index (χ0n) is 9.62.